The maximum atomic E-state index is 12.0. The summed E-state index contributed by atoms with van der Waals surface area (Å²) in [5, 5.41) is 13.9. The Morgan fingerprint density at radius 2 is 1.62 bits per heavy atom. The second-order valence-electron chi connectivity index (χ2n) is 5.20. The number of amides is 1. The van der Waals surface area contributed by atoms with E-state index in [2.05, 4.69) is 5.32 Å². The van der Waals surface area contributed by atoms with Crippen LogP contribution >= 0.6 is 0 Å². The third kappa shape index (κ3) is 3.52. The molecule has 0 spiro atoms. The summed E-state index contributed by atoms with van der Waals surface area (Å²) in [7, 11) is 0. The van der Waals surface area contributed by atoms with Gasteiger partial charge in [-0.25, -0.2) is 4.79 Å². The first-order valence-electron chi connectivity index (χ1n) is 7.37. The van der Waals surface area contributed by atoms with Crippen LogP contribution in [0, 0.1) is 0 Å². The third-order valence-corrected chi connectivity index (χ3v) is 3.50. The molecule has 0 aliphatic heterocycles. The zero-order chi connectivity index (χ0) is 16.9. The standard InChI is InChI=1S/C19H15NO4/c21-15-10-8-14(9-11-15)19(23)24-12-18(22)20-17-7-3-5-13-4-1-2-6-16(13)17/h1-11,21H,12H2,(H,20,22). The average molecular weight is 321 g/mol. The Morgan fingerprint density at radius 1 is 0.917 bits per heavy atom. The van der Waals surface area contributed by atoms with Crippen LogP contribution in [0.5, 0.6) is 5.75 Å². The van der Waals surface area contributed by atoms with Crippen molar-refractivity contribution in [2.45, 2.75) is 0 Å². The highest BCUT2D eigenvalue weighted by Crippen LogP contribution is 2.22. The molecule has 0 aromatic heterocycles. The number of phenolic OH excluding ortho intramolecular Hbond substituents is 1. The number of fused-ring (bicyclic) bond motifs is 1. The zero-order valence-corrected chi connectivity index (χ0v) is 12.7. The highest BCUT2D eigenvalue weighted by molar-refractivity contribution is 6.03. The fourth-order valence-corrected chi connectivity index (χ4v) is 2.33. The number of phenols is 1. The van der Waals surface area contributed by atoms with Crippen LogP contribution < -0.4 is 5.32 Å². The molecule has 0 atom stereocenters. The van der Waals surface area contributed by atoms with Gasteiger partial charge in [0.25, 0.3) is 5.91 Å². The van der Waals surface area contributed by atoms with E-state index in [4.69, 9.17) is 4.74 Å². The quantitative estimate of drug-likeness (QED) is 0.723. The molecule has 0 radical (unpaired) electrons. The van der Waals surface area contributed by atoms with E-state index in [0.717, 1.165) is 10.8 Å². The number of nitrogens with one attached hydrogen (secondary N) is 1. The maximum absolute atomic E-state index is 12.0. The molecule has 0 unspecified atom stereocenters. The monoisotopic (exact) mass is 321 g/mol. The van der Waals surface area contributed by atoms with Crippen LogP contribution in [0.2, 0.25) is 0 Å². The molecule has 24 heavy (non-hydrogen) atoms. The minimum atomic E-state index is -0.622. The topological polar surface area (TPSA) is 75.6 Å². The molecule has 0 aliphatic carbocycles. The molecular formula is C19H15NO4. The lowest BCUT2D eigenvalue weighted by Crippen LogP contribution is -2.21. The SMILES string of the molecule is O=C(COC(=O)c1ccc(O)cc1)Nc1cccc2ccccc12. The summed E-state index contributed by atoms with van der Waals surface area (Å²) < 4.78 is 4.98. The number of anilines is 1. The number of aromatic hydroxyl groups is 1. The van der Waals surface area contributed by atoms with Crippen molar-refractivity contribution in [3.8, 4) is 5.75 Å². The van der Waals surface area contributed by atoms with E-state index in [-0.39, 0.29) is 17.9 Å². The van der Waals surface area contributed by atoms with Gasteiger partial charge in [0.1, 0.15) is 5.75 Å². The van der Waals surface area contributed by atoms with Crippen LogP contribution in [0.25, 0.3) is 10.8 Å². The minimum absolute atomic E-state index is 0.0558. The van der Waals surface area contributed by atoms with E-state index in [1.165, 1.54) is 24.3 Å². The maximum Gasteiger partial charge on any atom is 0.338 e. The molecule has 0 fully saturated rings. The van der Waals surface area contributed by atoms with Crippen LogP contribution in [-0.2, 0) is 9.53 Å². The molecule has 5 heteroatoms. The second-order valence-corrected chi connectivity index (χ2v) is 5.20. The first kappa shape index (κ1) is 15.6. The zero-order valence-electron chi connectivity index (χ0n) is 12.7. The van der Waals surface area contributed by atoms with Crippen LogP contribution in [0.1, 0.15) is 10.4 Å². The summed E-state index contributed by atoms with van der Waals surface area (Å²) >= 11 is 0. The summed E-state index contributed by atoms with van der Waals surface area (Å²) in [4.78, 5) is 23.9. The Hall–Kier alpha value is -3.34. The molecule has 120 valence electrons. The Bertz CT molecular complexity index is 882. The van der Waals surface area contributed by atoms with Gasteiger partial charge in [-0.2, -0.15) is 0 Å². The van der Waals surface area contributed by atoms with Crippen molar-refractivity contribution in [2.24, 2.45) is 0 Å². The summed E-state index contributed by atoms with van der Waals surface area (Å²) in [6.07, 6.45) is 0. The third-order valence-electron chi connectivity index (χ3n) is 3.50. The summed E-state index contributed by atoms with van der Waals surface area (Å²) in [5.41, 5.74) is 0.935. The predicted molar refractivity (Wildman–Crippen MR) is 91.0 cm³/mol. The number of carbonyl (C=O) groups is 2. The first-order valence-corrected chi connectivity index (χ1v) is 7.37. The van der Waals surface area contributed by atoms with Gasteiger partial charge in [-0.15, -0.1) is 0 Å². The van der Waals surface area contributed by atoms with Gasteiger partial charge in [-0.3, -0.25) is 4.79 Å². The van der Waals surface area contributed by atoms with Gasteiger partial charge in [0, 0.05) is 11.1 Å². The van der Waals surface area contributed by atoms with Crippen LogP contribution in [-0.4, -0.2) is 23.6 Å². The van der Waals surface area contributed by atoms with E-state index < -0.39 is 11.9 Å². The fourth-order valence-electron chi connectivity index (χ4n) is 2.33. The Balaban J connectivity index is 1.63. The van der Waals surface area contributed by atoms with E-state index >= 15 is 0 Å². The van der Waals surface area contributed by atoms with Gasteiger partial charge in [0.15, 0.2) is 6.61 Å². The predicted octanol–water partition coefficient (Wildman–Crippen LogP) is 3.34. The summed E-state index contributed by atoms with van der Waals surface area (Å²) in [6.45, 7) is -0.386. The van der Waals surface area contributed by atoms with Crippen LogP contribution in [0.3, 0.4) is 0 Å². The van der Waals surface area contributed by atoms with Crippen molar-refractivity contribution >= 4 is 28.3 Å². The Kier molecular flexibility index (Phi) is 4.43. The van der Waals surface area contributed by atoms with Gasteiger partial charge in [0.05, 0.1) is 5.56 Å². The number of hydrogen-bond donors (Lipinski definition) is 2. The Morgan fingerprint density at radius 3 is 2.42 bits per heavy atom. The molecule has 3 aromatic rings. The molecule has 0 bridgehead atoms. The number of rotatable bonds is 4. The van der Waals surface area contributed by atoms with Crippen molar-refractivity contribution < 1.29 is 19.4 Å². The molecule has 0 heterocycles. The molecule has 5 nitrogen and oxygen atoms in total. The minimum Gasteiger partial charge on any atom is -0.508 e. The first-order chi connectivity index (χ1) is 11.6. The van der Waals surface area contributed by atoms with Crippen molar-refractivity contribution in [2.75, 3.05) is 11.9 Å². The summed E-state index contributed by atoms with van der Waals surface area (Å²) in [5.74, 6) is -0.984. The van der Waals surface area contributed by atoms with Crippen molar-refractivity contribution in [3.05, 3.63) is 72.3 Å². The number of hydrogen-bond acceptors (Lipinski definition) is 4. The van der Waals surface area contributed by atoms with Crippen molar-refractivity contribution in [1.29, 1.82) is 0 Å². The van der Waals surface area contributed by atoms with Gasteiger partial charge >= 0.3 is 5.97 Å². The highest BCUT2D eigenvalue weighted by atomic mass is 16.5. The molecule has 0 saturated carbocycles. The van der Waals surface area contributed by atoms with E-state index in [0.29, 0.717) is 5.69 Å². The summed E-state index contributed by atoms with van der Waals surface area (Å²) in [6, 6.07) is 18.9. The molecule has 2 N–H and O–H groups in total. The van der Waals surface area contributed by atoms with Crippen LogP contribution in [0.15, 0.2) is 66.7 Å². The van der Waals surface area contributed by atoms with Gasteiger partial charge < -0.3 is 15.2 Å². The molecule has 1 amide bonds. The van der Waals surface area contributed by atoms with E-state index in [1.807, 2.05) is 36.4 Å². The number of carbonyl (C=O) groups excluding carboxylic acids is 2. The van der Waals surface area contributed by atoms with Crippen LogP contribution in [0.4, 0.5) is 5.69 Å². The smallest absolute Gasteiger partial charge is 0.338 e. The second kappa shape index (κ2) is 6.83. The fraction of sp³-hybridized carbons (Fsp3) is 0.0526. The normalized spacial score (nSPS) is 10.3. The lowest BCUT2D eigenvalue weighted by atomic mass is 10.1. The number of benzene rings is 3. The molecule has 0 aliphatic rings. The molecular weight excluding hydrogens is 306 g/mol. The van der Waals surface area contributed by atoms with E-state index in [9.17, 15) is 14.7 Å². The van der Waals surface area contributed by atoms with Gasteiger partial charge in [-0.1, -0.05) is 36.4 Å². The lowest BCUT2D eigenvalue weighted by molar-refractivity contribution is -0.119. The van der Waals surface area contributed by atoms with Crippen molar-refractivity contribution in [3.63, 3.8) is 0 Å². The average Bonchev–Trinajstić information content (AvgIpc) is 2.61. The van der Waals surface area contributed by atoms with Crippen molar-refractivity contribution in [1.82, 2.24) is 0 Å². The Labute approximate surface area is 138 Å². The number of ether oxygens (including phenoxy) is 1. The molecule has 0 saturated heterocycles. The van der Waals surface area contributed by atoms with E-state index in [1.54, 1.807) is 6.07 Å². The largest absolute Gasteiger partial charge is 0.508 e. The molecule has 3 aromatic carbocycles. The molecule has 3 rings (SSSR count). The number of esters is 1. The highest BCUT2D eigenvalue weighted by Gasteiger charge is 2.11. The van der Waals surface area contributed by atoms with Gasteiger partial charge in [-0.05, 0) is 35.7 Å². The lowest BCUT2D eigenvalue weighted by Gasteiger charge is -2.09. The van der Waals surface area contributed by atoms with Gasteiger partial charge in [0.2, 0.25) is 0 Å².